The van der Waals surface area contributed by atoms with Gasteiger partial charge in [-0.15, -0.1) is 10.2 Å². The van der Waals surface area contributed by atoms with E-state index in [0.29, 0.717) is 21.4 Å². The van der Waals surface area contributed by atoms with Crippen molar-refractivity contribution in [2.75, 3.05) is 0 Å². The maximum absolute atomic E-state index is 11.4. The molecule has 0 saturated heterocycles. The third kappa shape index (κ3) is 3.04. The first-order valence-electron chi connectivity index (χ1n) is 6.54. The summed E-state index contributed by atoms with van der Waals surface area (Å²) >= 11 is 11.9. The van der Waals surface area contributed by atoms with Gasteiger partial charge in [0.15, 0.2) is 11.5 Å². The molecule has 23 heavy (non-hydrogen) atoms. The number of fused-ring (bicyclic) bond motifs is 1. The van der Waals surface area contributed by atoms with Crippen LogP contribution in [-0.2, 0) is 0 Å². The van der Waals surface area contributed by atoms with E-state index in [1.807, 2.05) is 13.0 Å². The van der Waals surface area contributed by atoms with Crippen molar-refractivity contribution >= 4 is 46.3 Å². The van der Waals surface area contributed by atoms with Crippen LogP contribution in [-0.4, -0.2) is 20.5 Å². The summed E-state index contributed by atoms with van der Waals surface area (Å²) in [5.41, 5.74) is 1.60. The van der Waals surface area contributed by atoms with Gasteiger partial charge in [0.2, 0.25) is 0 Å². The van der Waals surface area contributed by atoms with E-state index in [-0.39, 0.29) is 11.5 Å². The predicted molar refractivity (Wildman–Crippen MR) is 87.5 cm³/mol. The molecule has 0 spiro atoms. The average Bonchev–Trinajstić information content (AvgIpc) is 2.86. The van der Waals surface area contributed by atoms with Gasteiger partial charge >= 0.3 is 5.97 Å². The van der Waals surface area contributed by atoms with Gasteiger partial charge in [-0.05, 0) is 42.8 Å². The lowest BCUT2D eigenvalue weighted by atomic mass is 10.3. The van der Waals surface area contributed by atoms with Gasteiger partial charge in [0.05, 0.1) is 5.02 Å². The number of nitrogens with zero attached hydrogens (tertiary/aromatic N) is 4. The number of benzene rings is 1. The number of azo groups is 1. The van der Waals surface area contributed by atoms with Gasteiger partial charge in [-0.25, -0.2) is 9.78 Å². The second kappa shape index (κ2) is 5.98. The standard InChI is InChI=1S/C15H10Cl2N4O2/c1-8-4-5-21-12(6-8)18-13(15(22)23)14(21)20-19-11-7-9(16)2-3-10(11)17/h2-7H,1H3,(H,22,23). The van der Waals surface area contributed by atoms with Crippen molar-refractivity contribution in [2.45, 2.75) is 6.92 Å². The fourth-order valence-corrected chi connectivity index (χ4v) is 2.36. The first-order chi connectivity index (χ1) is 11.0. The normalized spacial score (nSPS) is 11.4. The molecule has 3 rings (SSSR count). The summed E-state index contributed by atoms with van der Waals surface area (Å²) in [5, 5.41) is 18.2. The number of imidazole rings is 1. The number of aryl methyl sites for hydroxylation is 1. The Labute approximate surface area is 141 Å². The highest BCUT2D eigenvalue weighted by Crippen LogP contribution is 2.31. The molecule has 0 aliphatic carbocycles. The van der Waals surface area contributed by atoms with Crippen LogP contribution in [0.1, 0.15) is 16.1 Å². The smallest absolute Gasteiger partial charge is 0.358 e. The van der Waals surface area contributed by atoms with Crippen LogP contribution in [0.15, 0.2) is 46.8 Å². The van der Waals surface area contributed by atoms with Crippen molar-refractivity contribution in [3.8, 4) is 0 Å². The Bertz CT molecular complexity index is 950. The zero-order valence-electron chi connectivity index (χ0n) is 11.9. The van der Waals surface area contributed by atoms with Crippen LogP contribution in [0.3, 0.4) is 0 Å². The summed E-state index contributed by atoms with van der Waals surface area (Å²) in [4.78, 5) is 15.5. The molecule has 0 atom stereocenters. The van der Waals surface area contributed by atoms with E-state index < -0.39 is 5.97 Å². The van der Waals surface area contributed by atoms with Crippen molar-refractivity contribution in [3.63, 3.8) is 0 Å². The molecule has 0 amide bonds. The third-order valence-electron chi connectivity index (χ3n) is 3.12. The van der Waals surface area contributed by atoms with Gasteiger partial charge < -0.3 is 5.11 Å². The molecule has 0 aliphatic heterocycles. The lowest BCUT2D eigenvalue weighted by molar-refractivity contribution is 0.0692. The molecular formula is C15H10Cl2N4O2. The maximum Gasteiger partial charge on any atom is 0.358 e. The predicted octanol–water partition coefficient (Wildman–Crippen LogP) is 5.06. The van der Waals surface area contributed by atoms with Crippen LogP contribution in [0, 0.1) is 6.92 Å². The van der Waals surface area contributed by atoms with Gasteiger partial charge in [0, 0.05) is 11.2 Å². The molecule has 1 N–H and O–H groups in total. The fraction of sp³-hybridized carbons (Fsp3) is 0.0667. The van der Waals surface area contributed by atoms with Crippen molar-refractivity contribution in [1.82, 2.24) is 9.38 Å². The zero-order valence-corrected chi connectivity index (χ0v) is 13.4. The van der Waals surface area contributed by atoms with E-state index in [2.05, 4.69) is 15.2 Å². The first-order valence-corrected chi connectivity index (χ1v) is 7.30. The van der Waals surface area contributed by atoms with Crippen LogP contribution in [0.2, 0.25) is 10.0 Å². The minimum Gasteiger partial charge on any atom is -0.476 e. The van der Waals surface area contributed by atoms with Crippen LogP contribution < -0.4 is 0 Å². The van der Waals surface area contributed by atoms with Gasteiger partial charge in [-0.2, -0.15) is 0 Å². The van der Waals surface area contributed by atoms with Crippen molar-refractivity contribution in [1.29, 1.82) is 0 Å². The third-order valence-corrected chi connectivity index (χ3v) is 3.67. The summed E-state index contributed by atoms with van der Waals surface area (Å²) in [7, 11) is 0. The monoisotopic (exact) mass is 348 g/mol. The van der Waals surface area contributed by atoms with Crippen LogP contribution in [0.25, 0.3) is 5.65 Å². The molecular weight excluding hydrogens is 339 g/mol. The van der Waals surface area contributed by atoms with Crippen molar-refractivity contribution in [3.05, 3.63) is 57.8 Å². The fourth-order valence-electron chi connectivity index (χ4n) is 2.04. The van der Waals surface area contributed by atoms with Crippen molar-refractivity contribution in [2.24, 2.45) is 10.2 Å². The maximum atomic E-state index is 11.4. The molecule has 2 aromatic heterocycles. The Balaban J connectivity index is 2.15. The van der Waals surface area contributed by atoms with Gasteiger partial charge in [-0.1, -0.05) is 23.2 Å². The molecule has 0 saturated carbocycles. The number of hydrogen-bond donors (Lipinski definition) is 1. The van der Waals surface area contributed by atoms with E-state index in [4.69, 9.17) is 23.2 Å². The highest BCUT2D eigenvalue weighted by Gasteiger charge is 2.18. The number of pyridine rings is 1. The van der Waals surface area contributed by atoms with E-state index in [9.17, 15) is 9.90 Å². The molecule has 1 aromatic carbocycles. The Morgan fingerprint density at radius 2 is 2.00 bits per heavy atom. The summed E-state index contributed by atoms with van der Waals surface area (Å²) < 4.78 is 1.55. The molecule has 0 bridgehead atoms. The lowest BCUT2D eigenvalue weighted by Gasteiger charge is -1.99. The lowest BCUT2D eigenvalue weighted by Crippen LogP contribution is -1.96. The largest absolute Gasteiger partial charge is 0.476 e. The van der Waals surface area contributed by atoms with Gasteiger partial charge in [0.1, 0.15) is 11.3 Å². The molecule has 6 nitrogen and oxygen atoms in total. The topological polar surface area (TPSA) is 79.3 Å². The summed E-state index contributed by atoms with van der Waals surface area (Å²) in [6.45, 7) is 1.89. The second-order valence-corrected chi connectivity index (χ2v) is 5.66. The summed E-state index contributed by atoms with van der Waals surface area (Å²) in [5.74, 6) is -1.07. The minimum atomic E-state index is -1.18. The zero-order chi connectivity index (χ0) is 16.6. The number of carbonyl (C=O) groups is 1. The highest BCUT2D eigenvalue weighted by atomic mass is 35.5. The summed E-state index contributed by atoms with van der Waals surface area (Å²) in [6, 6.07) is 8.35. The van der Waals surface area contributed by atoms with E-state index in [0.717, 1.165) is 5.56 Å². The quantitative estimate of drug-likeness (QED) is 0.671. The van der Waals surface area contributed by atoms with E-state index in [1.54, 1.807) is 34.9 Å². The minimum absolute atomic E-state index is 0.114. The molecule has 3 aromatic rings. The summed E-state index contributed by atoms with van der Waals surface area (Å²) in [6.07, 6.45) is 1.69. The van der Waals surface area contributed by atoms with Crippen LogP contribution >= 0.6 is 23.2 Å². The molecule has 2 heterocycles. The molecule has 0 unspecified atom stereocenters. The second-order valence-electron chi connectivity index (χ2n) is 4.82. The Morgan fingerprint density at radius 3 is 2.74 bits per heavy atom. The number of rotatable bonds is 3. The molecule has 0 fully saturated rings. The van der Waals surface area contributed by atoms with Crippen LogP contribution in [0.5, 0.6) is 0 Å². The Morgan fingerprint density at radius 1 is 1.22 bits per heavy atom. The number of carboxylic acids is 1. The Hall–Kier alpha value is -2.44. The number of carboxylic acid groups (broad SMARTS) is 1. The Kier molecular flexibility index (Phi) is 4.02. The van der Waals surface area contributed by atoms with E-state index >= 15 is 0 Å². The number of aromatic nitrogens is 2. The number of halogens is 2. The average molecular weight is 349 g/mol. The highest BCUT2D eigenvalue weighted by molar-refractivity contribution is 6.35. The number of aromatic carboxylic acids is 1. The van der Waals surface area contributed by atoms with Gasteiger partial charge in [-0.3, -0.25) is 4.40 Å². The van der Waals surface area contributed by atoms with Crippen LogP contribution in [0.4, 0.5) is 11.5 Å². The molecule has 0 radical (unpaired) electrons. The SMILES string of the molecule is Cc1ccn2c(N=Nc3cc(Cl)ccc3Cl)c(C(=O)O)nc2c1. The van der Waals surface area contributed by atoms with Gasteiger partial charge in [0.25, 0.3) is 0 Å². The van der Waals surface area contributed by atoms with E-state index in [1.165, 1.54) is 0 Å². The molecule has 8 heteroatoms. The first kappa shape index (κ1) is 15.5. The number of hydrogen-bond acceptors (Lipinski definition) is 4. The molecule has 116 valence electrons. The molecule has 0 aliphatic rings. The van der Waals surface area contributed by atoms with Crippen molar-refractivity contribution < 1.29 is 9.90 Å².